The highest BCUT2D eigenvalue weighted by Crippen LogP contribution is 2.51. The number of hydrogen-bond donors (Lipinski definition) is 1. The highest BCUT2D eigenvalue weighted by Gasteiger charge is 2.59. The van der Waals surface area contributed by atoms with Crippen LogP contribution in [0, 0.1) is 0 Å². The molecule has 1 aliphatic rings. The van der Waals surface area contributed by atoms with Crippen molar-refractivity contribution in [1.29, 1.82) is 0 Å². The molecule has 4 atom stereocenters. The van der Waals surface area contributed by atoms with Crippen LogP contribution in [0.2, 0.25) is 49.9 Å². The van der Waals surface area contributed by atoms with Crippen LogP contribution in [0.15, 0.2) is 21.9 Å². The van der Waals surface area contributed by atoms with Crippen LogP contribution in [0.1, 0.15) is 131 Å². The Balaban J connectivity index is 2.95. The van der Waals surface area contributed by atoms with Crippen LogP contribution in [-0.2, 0) is 18.0 Å². The van der Waals surface area contributed by atoms with E-state index in [1.165, 1.54) is 10.6 Å². The maximum absolute atomic E-state index is 13.5. The first kappa shape index (κ1) is 42.3. The molecular formula is C36H72N2O6Si3. The monoisotopic (exact) mass is 712 g/mol. The smallest absolute Gasteiger partial charge is 0.330 e. The van der Waals surface area contributed by atoms with E-state index in [9.17, 15) is 9.59 Å². The van der Waals surface area contributed by atoms with Gasteiger partial charge in [0.15, 0.2) is 14.5 Å². The van der Waals surface area contributed by atoms with Gasteiger partial charge < -0.3 is 18.0 Å². The fourth-order valence-corrected chi connectivity index (χ4v) is 26.5. The molecule has 1 N–H and O–H groups in total. The van der Waals surface area contributed by atoms with Crippen molar-refractivity contribution in [2.24, 2.45) is 0 Å². The molecule has 274 valence electrons. The van der Waals surface area contributed by atoms with Gasteiger partial charge in [-0.15, -0.1) is 0 Å². The normalized spacial score (nSPS) is 21.9. The van der Waals surface area contributed by atoms with Gasteiger partial charge in [0.2, 0.25) is 16.6 Å². The number of aromatic nitrogens is 2. The van der Waals surface area contributed by atoms with E-state index >= 15 is 0 Å². The average molecular weight is 713 g/mol. The molecule has 1 aromatic rings. The van der Waals surface area contributed by atoms with Crippen molar-refractivity contribution in [2.75, 3.05) is 6.61 Å². The zero-order valence-corrected chi connectivity index (χ0v) is 36.3. The van der Waals surface area contributed by atoms with E-state index in [-0.39, 0.29) is 0 Å². The molecule has 47 heavy (non-hydrogen) atoms. The molecule has 0 radical (unpaired) electrons. The summed E-state index contributed by atoms with van der Waals surface area (Å²) >= 11 is 0. The third kappa shape index (κ3) is 8.06. The molecule has 0 saturated carbocycles. The molecule has 0 spiro atoms. The summed E-state index contributed by atoms with van der Waals surface area (Å²) in [6, 6.07) is 1.39. The van der Waals surface area contributed by atoms with E-state index in [0.717, 1.165) is 0 Å². The van der Waals surface area contributed by atoms with E-state index < -0.39 is 60.7 Å². The van der Waals surface area contributed by atoms with Gasteiger partial charge >= 0.3 is 5.69 Å². The largest absolute Gasteiger partial charge is 0.413 e. The number of hydrogen-bond acceptors (Lipinski definition) is 6. The predicted molar refractivity (Wildman–Crippen MR) is 204 cm³/mol. The Hall–Kier alpha value is -0.829. The van der Waals surface area contributed by atoms with E-state index in [1.54, 1.807) is 6.20 Å². The summed E-state index contributed by atoms with van der Waals surface area (Å²) < 4.78 is 31.2. The Labute approximate surface area is 290 Å². The minimum absolute atomic E-state index is 0.316. The number of nitrogens with zero attached hydrogens (tertiary/aromatic N) is 1. The quantitative estimate of drug-likeness (QED) is 0.162. The maximum Gasteiger partial charge on any atom is 0.330 e. The maximum atomic E-state index is 13.5. The summed E-state index contributed by atoms with van der Waals surface area (Å²) in [5.74, 6) is 0. The van der Waals surface area contributed by atoms with E-state index in [4.69, 9.17) is 18.0 Å². The van der Waals surface area contributed by atoms with Crippen molar-refractivity contribution in [1.82, 2.24) is 9.55 Å². The molecule has 8 nitrogen and oxygen atoms in total. The lowest BCUT2D eigenvalue weighted by atomic mass is 10.1. The Morgan fingerprint density at radius 1 is 0.617 bits per heavy atom. The first-order valence-corrected chi connectivity index (χ1v) is 24.9. The van der Waals surface area contributed by atoms with E-state index in [1.807, 2.05) is 0 Å². The molecular weight excluding hydrogens is 641 g/mol. The molecule has 0 bridgehead atoms. The van der Waals surface area contributed by atoms with Crippen molar-refractivity contribution in [2.45, 2.75) is 199 Å². The SMILES string of the molecule is CC(C)[Si](OC[C@H]1O[C@@H](n2ccc(=O)[nH]c2=O)[C@H](O[Si](C(C)C)(C(C)C)C(C)C)[C@@H]1O[Si](C(C)C)(C(C)C)C(C)C)(C(C)C)C(C)C. The standard InChI is InChI=1S/C36H72N2O6Si3/c1-22(2)45(23(3)4,24(5)6)41-21-31-33(43-46(25(7)8,26(9)10)27(11)12)34(44-47(28(13)14,29(15)16)30(17)18)35(42-31)38-20-19-32(39)37-36(38)40/h19-20,22-31,33-35H,21H2,1-18H3,(H,37,39,40)/t31-,33-,34-,35-/m1/s1. The highest BCUT2D eigenvalue weighted by molar-refractivity contribution is 6.78. The topological polar surface area (TPSA) is 91.8 Å². The van der Waals surface area contributed by atoms with Crippen LogP contribution in [-0.4, -0.2) is 59.4 Å². The van der Waals surface area contributed by atoms with Gasteiger partial charge in [0.1, 0.15) is 18.3 Å². The second-order valence-electron chi connectivity index (χ2n) is 17.0. The van der Waals surface area contributed by atoms with Crippen LogP contribution < -0.4 is 11.2 Å². The lowest BCUT2D eigenvalue weighted by Crippen LogP contribution is -2.58. The minimum atomic E-state index is -2.50. The molecule has 1 aromatic heterocycles. The molecule has 1 fully saturated rings. The zero-order chi connectivity index (χ0) is 36.4. The molecule has 0 unspecified atom stereocenters. The van der Waals surface area contributed by atoms with Crippen molar-refractivity contribution < 1.29 is 18.0 Å². The number of rotatable bonds is 17. The van der Waals surface area contributed by atoms with Gasteiger partial charge in [-0.25, -0.2) is 4.79 Å². The van der Waals surface area contributed by atoms with Crippen LogP contribution in [0.3, 0.4) is 0 Å². The van der Waals surface area contributed by atoms with Crippen molar-refractivity contribution in [3.63, 3.8) is 0 Å². The summed E-state index contributed by atoms with van der Waals surface area (Å²) in [6.07, 6.45) is -0.665. The van der Waals surface area contributed by atoms with Crippen LogP contribution >= 0.6 is 0 Å². The Kier molecular flexibility index (Phi) is 14.8. The lowest BCUT2D eigenvalue weighted by molar-refractivity contribution is -0.0519. The fraction of sp³-hybridized carbons (Fsp3) is 0.889. The second kappa shape index (κ2) is 16.5. The summed E-state index contributed by atoms with van der Waals surface area (Å²) in [4.78, 5) is 28.2. The molecule has 0 amide bonds. The summed E-state index contributed by atoms with van der Waals surface area (Å²) in [7, 11) is -7.23. The first-order valence-electron chi connectivity index (χ1n) is 18.5. The lowest BCUT2D eigenvalue weighted by Gasteiger charge is -2.49. The van der Waals surface area contributed by atoms with Crippen LogP contribution in [0.5, 0.6) is 0 Å². The fourth-order valence-electron chi connectivity index (χ4n) is 9.98. The molecule has 0 aromatic carbocycles. The third-order valence-electron chi connectivity index (χ3n) is 11.7. The van der Waals surface area contributed by atoms with Crippen LogP contribution in [0.25, 0.3) is 0 Å². The molecule has 2 rings (SSSR count). The average Bonchev–Trinajstić information content (AvgIpc) is 3.24. The number of nitrogens with one attached hydrogen (secondary N) is 1. The Morgan fingerprint density at radius 2 is 0.979 bits per heavy atom. The van der Waals surface area contributed by atoms with Crippen molar-refractivity contribution in [3.05, 3.63) is 33.1 Å². The third-order valence-corrected chi connectivity index (χ3v) is 30.0. The summed E-state index contributed by atoms with van der Waals surface area (Å²) in [5, 5.41) is 0. The first-order chi connectivity index (χ1) is 21.5. The van der Waals surface area contributed by atoms with Gasteiger partial charge in [-0.3, -0.25) is 14.3 Å². The Morgan fingerprint density at radius 3 is 1.32 bits per heavy atom. The van der Waals surface area contributed by atoms with Crippen molar-refractivity contribution >= 4 is 25.0 Å². The molecule has 1 saturated heterocycles. The van der Waals surface area contributed by atoms with Crippen LogP contribution in [0.4, 0.5) is 0 Å². The number of aromatic amines is 1. The summed E-state index contributed by atoms with van der Waals surface area (Å²) in [6.45, 7) is 41.7. The highest BCUT2D eigenvalue weighted by atomic mass is 28.4. The minimum Gasteiger partial charge on any atom is -0.413 e. The second-order valence-corrected chi connectivity index (χ2v) is 33.3. The van der Waals surface area contributed by atoms with Gasteiger partial charge in [0.25, 0.3) is 5.56 Å². The van der Waals surface area contributed by atoms with Gasteiger partial charge in [-0.05, 0) is 49.9 Å². The molecule has 11 heteroatoms. The van der Waals surface area contributed by atoms with Gasteiger partial charge in [-0.1, -0.05) is 125 Å². The molecule has 0 aliphatic carbocycles. The van der Waals surface area contributed by atoms with Crippen molar-refractivity contribution in [3.8, 4) is 0 Å². The van der Waals surface area contributed by atoms with E-state index in [2.05, 4.69) is 130 Å². The van der Waals surface area contributed by atoms with Gasteiger partial charge in [0.05, 0.1) is 6.61 Å². The number of ether oxygens (including phenoxy) is 1. The summed E-state index contributed by atoms with van der Waals surface area (Å²) in [5.41, 5.74) is 2.27. The number of H-pyrrole nitrogens is 1. The van der Waals surface area contributed by atoms with Gasteiger partial charge in [-0.2, -0.15) is 0 Å². The predicted octanol–water partition coefficient (Wildman–Crippen LogP) is 9.75. The zero-order valence-electron chi connectivity index (χ0n) is 33.3. The van der Waals surface area contributed by atoms with E-state index in [0.29, 0.717) is 56.5 Å². The molecule has 2 heterocycles. The Bertz CT molecular complexity index is 1170. The van der Waals surface area contributed by atoms with Gasteiger partial charge in [0, 0.05) is 12.3 Å². The molecule has 1 aliphatic heterocycles.